The molecule has 1 heterocycles. The van der Waals surface area contributed by atoms with Gasteiger partial charge in [0.05, 0.1) is 6.67 Å². The predicted molar refractivity (Wildman–Crippen MR) is 69.8 cm³/mol. The molecule has 88 valence electrons. The lowest BCUT2D eigenvalue weighted by molar-refractivity contribution is 0.421. The third-order valence-corrected chi connectivity index (χ3v) is 3.34. The molecule has 1 aromatic rings. The Bertz CT molecular complexity index is 387. The SMILES string of the molecule is CCc1cc(N2CCN(C)C2)c(C)cc1N. The van der Waals surface area contributed by atoms with Gasteiger partial charge in [-0.05, 0) is 43.7 Å². The fourth-order valence-corrected chi connectivity index (χ4v) is 2.33. The van der Waals surface area contributed by atoms with Crippen molar-refractivity contribution in [3.8, 4) is 0 Å². The number of benzene rings is 1. The van der Waals surface area contributed by atoms with Crippen LogP contribution in [0.25, 0.3) is 0 Å². The van der Waals surface area contributed by atoms with Gasteiger partial charge in [-0.3, -0.25) is 4.90 Å². The molecule has 0 aromatic heterocycles. The molecule has 0 saturated carbocycles. The predicted octanol–water partition coefficient (Wildman–Crippen LogP) is 1.85. The van der Waals surface area contributed by atoms with Gasteiger partial charge >= 0.3 is 0 Å². The first kappa shape index (κ1) is 11.3. The van der Waals surface area contributed by atoms with Gasteiger partial charge in [-0.1, -0.05) is 6.92 Å². The molecule has 0 spiro atoms. The maximum atomic E-state index is 6.00. The van der Waals surface area contributed by atoms with Crippen LogP contribution in [0.2, 0.25) is 0 Å². The topological polar surface area (TPSA) is 32.5 Å². The Kier molecular flexibility index (Phi) is 3.06. The van der Waals surface area contributed by atoms with Crippen LogP contribution in [0.5, 0.6) is 0 Å². The van der Waals surface area contributed by atoms with Crippen molar-refractivity contribution in [2.75, 3.05) is 37.4 Å². The number of rotatable bonds is 2. The second-order valence-electron chi connectivity index (χ2n) is 4.68. The van der Waals surface area contributed by atoms with Gasteiger partial charge in [-0.25, -0.2) is 0 Å². The van der Waals surface area contributed by atoms with Gasteiger partial charge in [-0.15, -0.1) is 0 Å². The number of nitrogens with two attached hydrogens (primary N) is 1. The number of likely N-dealkylation sites (N-methyl/N-ethyl adjacent to an activating group) is 1. The Labute approximate surface area is 97.8 Å². The van der Waals surface area contributed by atoms with Gasteiger partial charge in [0.2, 0.25) is 0 Å². The molecule has 3 nitrogen and oxygen atoms in total. The third-order valence-electron chi connectivity index (χ3n) is 3.34. The summed E-state index contributed by atoms with van der Waals surface area (Å²) in [5, 5.41) is 0. The van der Waals surface area contributed by atoms with E-state index >= 15 is 0 Å². The maximum absolute atomic E-state index is 6.00. The molecule has 16 heavy (non-hydrogen) atoms. The molecule has 1 aliphatic heterocycles. The first-order chi connectivity index (χ1) is 7.61. The first-order valence-corrected chi connectivity index (χ1v) is 5.94. The second-order valence-corrected chi connectivity index (χ2v) is 4.68. The van der Waals surface area contributed by atoms with Crippen LogP contribution in [0.4, 0.5) is 11.4 Å². The van der Waals surface area contributed by atoms with Crippen molar-refractivity contribution in [3.63, 3.8) is 0 Å². The van der Waals surface area contributed by atoms with Crippen molar-refractivity contribution in [2.45, 2.75) is 20.3 Å². The number of hydrogen-bond acceptors (Lipinski definition) is 3. The van der Waals surface area contributed by atoms with Crippen LogP contribution in [0.15, 0.2) is 12.1 Å². The molecule has 0 bridgehead atoms. The largest absolute Gasteiger partial charge is 0.398 e. The van der Waals surface area contributed by atoms with Crippen LogP contribution in [0.3, 0.4) is 0 Å². The zero-order chi connectivity index (χ0) is 11.7. The molecule has 0 radical (unpaired) electrons. The number of aryl methyl sites for hydroxylation is 2. The average Bonchev–Trinajstić information content (AvgIpc) is 2.65. The minimum atomic E-state index is 0.927. The molecule has 1 aliphatic rings. The maximum Gasteiger partial charge on any atom is 0.0705 e. The number of nitrogens with zero attached hydrogens (tertiary/aromatic N) is 2. The summed E-state index contributed by atoms with van der Waals surface area (Å²) in [6.07, 6.45) is 1.00. The van der Waals surface area contributed by atoms with Crippen LogP contribution in [0, 0.1) is 6.92 Å². The van der Waals surface area contributed by atoms with Crippen LogP contribution in [-0.4, -0.2) is 31.7 Å². The van der Waals surface area contributed by atoms with Gasteiger partial charge in [0.15, 0.2) is 0 Å². The minimum Gasteiger partial charge on any atom is -0.398 e. The summed E-state index contributed by atoms with van der Waals surface area (Å²) < 4.78 is 0. The molecule has 2 rings (SSSR count). The zero-order valence-electron chi connectivity index (χ0n) is 10.5. The monoisotopic (exact) mass is 219 g/mol. The normalized spacial score (nSPS) is 17.1. The molecule has 0 aliphatic carbocycles. The molecule has 1 aromatic carbocycles. The lowest BCUT2D eigenvalue weighted by Crippen LogP contribution is -2.23. The lowest BCUT2D eigenvalue weighted by Gasteiger charge is -2.22. The van der Waals surface area contributed by atoms with E-state index in [4.69, 9.17) is 5.73 Å². The van der Waals surface area contributed by atoms with Crippen LogP contribution in [0.1, 0.15) is 18.1 Å². The molecular formula is C13H21N3. The van der Waals surface area contributed by atoms with Crippen LogP contribution < -0.4 is 10.6 Å². The molecule has 1 saturated heterocycles. The Morgan fingerprint density at radius 2 is 2.06 bits per heavy atom. The Morgan fingerprint density at radius 1 is 1.31 bits per heavy atom. The average molecular weight is 219 g/mol. The molecule has 0 amide bonds. The summed E-state index contributed by atoms with van der Waals surface area (Å²) in [7, 11) is 2.16. The number of anilines is 2. The highest BCUT2D eigenvalue weighted by molar-refractivity contribution is 5.63. The van der Waals surface area contributed by atoms with E-state index in [0.29, 0.717) is 0 Å². The van der Waals surface area contributed by atoms with Gasteiger partial charge < -0.3 is 10.6 Å². The summed E-state index contributed by atoms with van der Waals surface area (Å²) in [6.45, 7) is 7.58. The molecule has 2 N–H and O–H groups in total. The van der Waals surface area contributed by atoms with Crippen molar-refractivity contribution >= 4 is 11.4 Å². The van der Waals surface area contributed by atoms with E-state index in [9.17, 15) is 0 Å². The van der Waals surface area contributed by atoms with Crippen LogP contribution >= 0.6 is 0 Å². The summed E-state index contributed by atoms with van der Waals surface area (Å²) in [6, 6.07) is 4.36. The van der Waals surface area contributed by atoms with Crippen molar-refractivity contribution in [1.29, 1.82) is 0 Å². The van der Waals surface area contributed by atoms with E-state index in [1.807, 2.05) is 0 Å². The highest BCUT2D eigenvalue weighted by Gasteiger charge is 2.18. The summed E-state index contributed by atoms with van der Waals surface area (Å²) >= 11 is 0. The van der Waals surface area contributed by atoms with Crippen molar-refractivity contribution in [3.05, 3.63) is 23.3 Å². The summed E-state index contributed by atoms with van der Waals surface area (Å²) in [5.41, 5.74) is 10.8. The highest BCUT2D eigenvalue weighted by Crippen LogP contribution is 2.27. The Hall–Kier alpha value is -1.22. The van der Waals surface area contributed by atoms with Gasteiger partial charge in [0.25, 0.3) is 0 Å². The lowest BCUT2D eigenvalue weighted by atomic mass is 10.0. The fraction of sp³-hybridized carbons (Fsp3) is 0.538. The molecule has 3 heteroatoms. The quantitative estimate of drug-likeness (QED) is 0.770. The summed E-state index contributed by atoms with van der Waals surface area (Å²) in [4.78, 5) is 4.76. The van der Waals surface area contributed by atoms with Gasteiger partial charge in [0, 0.05) is 24.5 Å². The van der Waals surface area contributed by atoms with Gasteiger partial charge in [0.1, 0.15) is 0 Å². The smallest absolute Gasteiger partial charge is 0.0705 e. The van der Waals surface area contributed by atoms with E-state index in [-0.39, 0.29) is 0 Å². The van der Waals surface area contributed by atoms with E-state index in [1.54, 1.807) is 0 Å². The van der Waals surface area contributed by atoms with E-state index in [1.165, 1.54) is 16.8 Å². The molecular weight excluding hydrogens is 198 g/mol. The summed E-state index contributed by atoms with van der Waals surface area (Å²) in [5.74, 6) is 0. The highest BCUT2D eigenvalue weighted by atomic mass is 15.4. The van der Waals surface area contributed by atoms with E-state index in [2.05, 4.69) is 42.8 Å². The standard InChI is InChI=1S/C13H21N3/c1-4-11-8-13(10(2)7-12(11)14)16-6-5-15(3)9-16/h7-8H,4-6,9,14H2,1-3H3. The number of hydrogen-bond donors (Lipinski definition) is 1. The van der Waals surface area contributed by atoms with Crippen molar-refractivity contribution < 1.29 is 0 Å². The fourth-order valence-electron chi connectivity index (χ4n) is 2.33. The zero-order valence-corrected chi connectivity index (χ0v) is 10.5. The first-order valence-electron chi connectivity index (χ1n) is 5.94. The van der Waals surface area contributed by atoms with Gasteiger partial charge in [-0.2, -0.15) is 0 Å². The Balaban J connectivity index is 2.33. The van der Waals surface area contributed by atoms with Crippen LogP contribution in [-0.2, 0) is 6.42 Å². The van der Waals surface area contributed by atoms with E-state index in [0.717, 1.165) is 31.9 Å². The second kappa shape index (κ2) is 4.34. The molecule has 1 fully saturated rings. The minimum absolute atomic E-state index is 0.927. The van der Waals surface area contributed by atoms with Crippen molar-refractivity contribution in [2.24, 2.45) is 0 Å². The molecule has 0 unspecified atom stereocenters. The van der Waals surface area contributed by atoms with Crippen molar-refractivity contribution in [1.82, 2.24) is 4.90 Å². The van der Waals surface area contributed by atoms with E-state index < -0.39 is 0 Å². The Morgan fingerprint density at radius 3 is 2.62 bits per heavy atom. The molecule has 0 atom stereocenters. The number of nitrogen functional groups attached to an aromatic ring is 1. The third kappa shape index (κ3) is 2.00.